The first-order valence-corrected chi connectivity index (χ1v) is 6.85. The van der Waals surface area contributed by atoms with Gasteiger partial charge in [-0.05, 0) is 12.1 Å². The van der Waals surface area contributed by atoms with Crippen molar-refractivity contribution in [1.82, 2.24) is 9.29 Å². The lowest BCUT2D eigenvalue weighted by molar-refractivity contribution is 0.521. The highest BCUT2D eigenvalue weighted by Crippen LogP contribution is 2.08. The first-order valence-electron chi connectivity index (χ1n) is 5.24. The second kappa shape index (κ2) is 5.83. The third kappa shape index (κ3) is 4.20. The van der Waals surface area contributed by atoms with Gasteiger partial charge >= 0.3 is 0 Å². The summed E-state index contributed by atoms with van der Waals surface area (Å²) in [4.78, 5) is 4.23. The normalized spacial score (nSPS) is 11.5. The molecule has 0 saturated carbocycles. The minimum atomic E-state index is -3.16. The molecule has 0 radical (unpaired) electrons. The van der Waals surface area contributed by atoms with Gasteiger partial charge in [-0.3, -0.25) is 0 Å². The fourth-order valence-electron chi connectivity index (χ4n) is 1.16. The second-order valence-electron chi connectivity index (χ2n) is 3.68. The minimum Gasteiger partial charge on any atom is -0.373 e. The highest BCUT2D eigenvalue weighted by molar-refractivity contribution is 7.89. The zero-order chi connectivity index (χ0) is 12.9. The third-order valence-corrected chi connectivity index (χ3v) is 4.06. The van der Waals surface area contributed by atoms with Crippen LogP contribution in [-0.2, 0) is 10.0 Å². The third-order valence-electron chi connectivity index (χ3n) is 2.23. The summed E-state index contributed by atoms with van der Waals surface area (Å²) < 4.78 is 24.2. The molecule has 0 aromatic carbocycles. The Labute approximate surface area is 102 Å². The van der Waals surface area contributed by atoms with Crippen molar-refractivity contribution in [3.05, 3.63) is 18.2 Å². The molecule has 7 heteroatoms. The van der Waals surface area contributed by atoms with Crippen LogP contribution in [-0.4, -0.2) is 51.1 Å². The largest absolute Gasteiger partial charge is 0.373 e. The van der Waals surface area contributed by atoms with Crippen LogP contribution in [0.5, 0.6) is 0 Å². The molecule has 1 heterocycles. The Balaban J connectivity index is 2.51. The summed E-state index contributed by atoms with van der Waals surface area (Å²) in [5.41, 5.74) is 0. The number of nitrogens with one attached hydrogen (secondary N) is 2. The van der Waals surface area contributed by atoms with Crippen LogP contribution >= 0.6 is 0 Å². The van der Waals surface area contributed by atoms with E-state index < -0.39 is 10.0 Å². The molecule has 0 atom stereocenters. The Morgan fingerprint density at radius 2 is 1.94 bits per heavy atom. The van der Waals surface area contributed by atoms with Crippen molar-refractivity contribution in [1.29, 1.82) is 0 Å². The monoisotopic (exact) mass is 258 g/mol. The van der Waals surface area contributed by atoms with E-state index in [9.17, 15) is 8.42 Å². The van der Waals surface area contributed by atoms with E-state index in [4.69, 9.17) is 0 Å². The van der Waals surface area contributed by atoms with E-state index >= 15 is 0 Å². The van der Waals surface area contributed by atoms with Crippen molar-refractivity contribution < 1.29 is 8.42 Å². The van der Waals surface area contributed by atoms with Gasteiger partial charge in [0.05, 0.1) is 5.75 Å². The Morgan fingerprint density at radius 1 is 1.29 bits per heavy atom. The van der Waals surface area contributed by atoms with Crippen LogP contribution in [0, 0.1) is 0 Å². The van der Waals surface area contributed by atoms with Gasteiger partial charge < -0.3 is 10.6 Å². The van der Waals surface area contributed by atoms with Gasteiger partial charge in [-0.2, -0.15) is 0 Å². The van der Waals surface area contributed by atoms with Gasteiger partial charge in [0.25, 0.3) is 0 Å². The summed E-state index contributed by atoms with van der Waals surface area (Å²) in [7, 11) is 1.67. The van der Waals surface area contributed by atoms with Crippen molar-refractivity contribution in [2.75, 3.05) is 44.1 Å². The molecule has 0 aliphatic carbocycles. The van der Waals surface area contributed by atoms with E-state index in [1.54, 1.807) is 13.1 Å². The number of aromatic nitrogens is 1. The Kier molecular flexibility index (Phi) is 4.71. The minimum absolute atomic E-state index is 0.0471. The molecule has 0 amide bonds. The van der Waals surface area contributed by atoms with Crippen LogP contribution in [0.3, 0.4) is 0 Å². The Bertz CT molecular complexity index is 459. The second-order valence-corrected chi connectivity index (χ2v) is 5.99. The number of nitrogens with zero attached hydrogens (tertiary/aromatic N) is 2. The molecule has 2 N–H and O–H groups in total. The maximum absolute atomic E-state index is 11.5. The molecule has 1 rings (SSSR count). The van der Waals surface area contributed by atoms with Crippen LogP contribution in [0.15, 0.2) is 18.2 Å². The van der Waals surface area contributed by atoms with Crippen LogP contribution in [0.1, 0.15) is 0 Å². The van der Waals surface area contributed by atoms with Crippen LogP contribution in [0.4, 0.5) is 11.6 Å². The number of anilines is 2. The quantitative estimate of drug-likeness (QED) is 0.774. The number of sulfonamides is 1. The molecule has 96 valence electrons. The summed E-state index contributed by atoms with van der Waals surface area (Å²) in [6, 6.07) is 5.48. The van der Waals surface area contributed by atoms with Crippen LogP contribution in [0.2, 0.25) is 0 Å². The molecule has 0 unspecified atom stereocenters. The van der Waals surface area contributed by atoms with Crippen molar-refractivity contribution in [3.8, 4) is 0 Å². The van der Waals surface area contributed by atoms with Crippen LogP contribution < -0.4 is 10.6 Å². The van der Waals surface area contributed by atoms with Gasteiger partial charge in [-0.1, -0.05) is 6.07 Å². The van der Waals surface area contributed by atoms with Gasteiger partial charge in [0, 0.05) is 27.7 Å². The molecule has 0 aliphatic rings. The predicted molar refractivity (Wildman–Crippen MR) is 69.7 cm³/mol. The summed E-state index contributed by atoms with van der Waals surface area (Å²) >= 11 is 0. The molecular weight excluding hydrogens is 240 g/mol. The zero-order valence-corrected chi connectivity index (χ0v) is 11.1. The molecule has 1 aromatic rings. The average molecular weight is 258 g/mol. The maximum atomic E-state index is 11.5. The topological polar surface area (TPSA) is 74.3 Å². The van der Waals surface area contributed by atoms with E-state index in [2.05, 4.69) is 15.6 Å². The van der Waals surface area contributed by atoms with E-state index in [-0.39, 0.29) is 5.75 Å². The number of hydrogen-bond acceptors (Lipinski definition) is 5. The molecule has 1 aromatic heterocycles. The molecule has 17 heavy (non-hydrogen) atoms. The highest BCUT2D eigenvalue weighted by Gasteiger charge is 2.12. The van der Waals surface area contributed by atoms with Gasteiger partial charge in [-0.25, -0.2) is 17.7 Å². The molecule has 0 spiro atoms. The van der Waals surface area contributed by atoms with E-state index in [0.717, 1.165) is 5.82 Å². The Hall–Kier alpha value is -1.34. The SMILES string of the molecule is CNc1cccc(NCCS(=O)(=O)N(C)C)n1. The summed E-state index contributed by atoms with van der Waals surface area (Å²) in [5, 5.41) is 5.89. The summed E-state index contributed by atoms with van der Waals surface area (Å²) in [5.74, 6) is 1.45. The number of pyridine rings is 1. The summed E-state index contributed by atoms with van der Waals surface area (Å²) in [6.07, 6.45) is 0. The van der Waals surface area contributed by atoms with Gasteiger partial charge in [-0.15, -0.1) is 0 Å². The van der Waals surface area contributed by atoms with Crippen molar-refractivity contribution >= 4 is 21.7 Å². The zero-order valence-electron chi connectivity index (χ0n) is 10.3. The lowest BCUT2D eigenvalue weighted by Crippen LogP contribution is -2.28. The van der Waals surface area contributed by atoms with E-state index in [1.807, 2.05) is 12.1 Å². The molecule has 0 bridgehead atoms. The van der Waals surface area contributed by atoms with Gasteiger partial charge in [0.15, 0.2) is 0 Å². The van der Waals surface area contributed by atoms with Gasteiger partial charge in [0.1, 0.15) is 11.6 Å². The first kappa shape index (κ1) is 13.7. The molecule has 0 fully saturated rings. The van der Waals surface area contributed by atoms with Crippen molar-refractivity contribution in [2.24, 2.45) is 0 Å². The van der Waals surface area contributed by atoms with E-state index in [0.29, 0.717) is 12.4 Å². The predicted octanol–water partition coefficient (Wildman–Crippen LogP) is 0.427. The van der Waals surface area contributed by atoms with E-state index in [1.165, 1.54) is 18.4 Å². The lowest BCUT2D eigenvalue weighted by Gasteiger charge is -2.12. The first-order chi connectivity index (χ1) is 7.95. The standard InChI is InChI=1S/C10H18N4O2S/c1-11-9-5-4-6-10(13-9)12-7-8-17(15,16)14(2)3/h4-6H,7-8H2,1-3H3,(H2,11,12,13). The number of rotatable bonds is 6. The smallest absolute Gasteiger partial charge is 0.215 e. The van der Waals surface area contributed by atoms with Gasteiger partial charge in [0.2, 0.25) is 10.0 Å². The molecule has 0 saturated heterocycles. The fourth-order valence-corrected chi connectivity index (χ4v) is 1.89. The molecule has 0 aliphatic heterocycles. The fraction of sp³-hybridized carbons (Fsp3) is 0.500. The molecule has 6 nitrogen and oxygen atoms in total. The van der Waals surface area contributed by atoms with Crippen molar-refractivity contribution in [2.45, 2.75) is 0 Å². The van der Waals surface area contributed by atoms with Crippen molar-refractivity contribution in [3.63, 3.8) is 0 Å². The summed E-state index contributed by atoms with van der Waals surface area (Å²) in [6.45, 7) is 0.334. The lowest BCUT2D eigenvalue weighted by atomic mass is 10.4. The Morgan fingerprint density at radius 3 is 2.53 bits per heavy atom. The van der Waals surface area contributed by atoms with Crippen LogP contribution in [0.25, 0.3) is 0 Å². The highest BCUT2D eigenvalue weighted by atomic mass is 32.2. The average Bonchev–Trinajstić information content (AvgIpc) is 2.29. The molecular formula is C10H18N4O2S. The number of hydrogen-bond donors (Lipinski definition) is 2. The maximum Gasteiger partial charge on any atom is 0.215 e.